The van der Waals surface area contributed by atoms with Gasteiger partial charge in [-0.15, -0.1) is 0 Å². The normalized spacial score (nSPS) is 10.3. The number of hydrogen-bond acceptors (Lipinski definition) is 1. The van der Waals surface area contributed by atoms with Gasteiger partial charge in [-0.3, -0.25) is 0 Å². The Morgan fingerprint density at radius 1 is 0.824 bits per heavy atom. The van der Waals surface area contributed by atoms with Gasteiger partial charge in [-0.25, -0.2) is 0 Å². The van der Waals surface area contributed by atoms with Crippen LogP contribution >= 0.6 is 34.8 Å². The van der Waals surface area contributed by atoms with Crippen molar-refractivity contribution in [2.75, 3.05) is 0 Å². The molecule has 17 heavy (non-hydrogen) atoms. The first-order chi connectivity index (χ1) is 8.18. The van der Waals surface area contributed by atoms with Gasteiger partial charge >= 0.3 is 0 Å². The lowest BCUT2D eigenvalue weighted by Crippen LogP contribution is -1.96. The smallest absolute Gasteiger partial charge is 0.138 e. The largest absolute Gasteiger partial charge is 0.487 e. The van der Waals surface area contributed by atoms with Crippen molar-refractivity contribution >= 4 is 34.8 Å². The molecule has 2 aromatic carbocycles. The molecule has 0 saturated carbocycles. The lowest BCUT2D eigenvalue weighted by Gasteiger charge is -2.09. The van der Waals surface area contributed by atoms with Gasteiger partial charge in [-0.2, -0.15) is 0 Å². The van der Waals surface area contributed by atoms with Gasteiger partial charge in [0, 0.05) is 5.56 Å². The second-order valence-corrected chi connectivity index (χ2v) is 4.62. The number of ether oxygens (including phenoxy) is 1. The van der Waals surface area contributed by atoms with E-state index in [4.69, 9.17) is 39.5 Å². The molecule has 0 aromatic heterocycles. The Kier molecular flexibility index (Phi) is 4.16. The highest BCUT2D eigenvalue weighted by molar-refractivity contribution is 6.42. The third-order valence-corrected chi connectivity index (χ3v) is 3.42. The molecule has 0 bridgehead atoms. The highest BCUT2D eigenvalue weighted by atomic mass is 35.5. The van der Waals surface area contributed by atoms with Crippen molar-refractivity contribution in [1.29, 1.82) is 0 Å². The molecule has 0 aliphatic carbocycles. The number of para-hydroxylation sites is 1. The predicted molar refractivity (Wildman–Crippen MR) is 72.2 cm³/mol. The van der Waals surface area contributed by atoms with Crippen LogP contribution in [0, 0.1) is 0 Å². The molecule has 0 amide bonds. The Labute approximate surface area is 115 Å². The molecule has 0 aliphatic rings. The average molecular weight is 288 g/mol. The van der Waals surface area contributed by atoms with Crippen LogP contribution in [-0.4, -0.2) is 0 Å². The summed E-state index contributed by atoms with van der Waals surface area (Å²) in [6, 6.07) is 12.7. The molecule has 2 aromatic rings. The Bertz CT molecular complexity index is 526. The van der Waals surface area contributed by atoms with Crippen LogP contribution in [0.15, 0.2) is 42.5 Å². The second kappa shape index (κ2) is 5.63. The molecule has 0 aliphatic heterocycles. The van der Waals surface area contributed by atoms with E-state index >= 15 is 0 Å². The van der Waals surface area contributed by atoms with Crippen molar-refractivity contribution in [1.82, 2.24) is 0 Å². The van der Waals surface area contributed by atoms with Crippen LogP contribution in [0.3, 0.4) is 0 Å². The minimum atomic E-state index is 0.336. The van der Waals surface area contributed by atoms with Gasteiger partial charge in [0.2, 0.25) is 0 Å². The maximum absolute atomic E-state index is 6.05. The van der Waals surface area contributed by atoms with E-state index in [0.717, 1.165) is 5.56 Å². The van der Waals surface area contributed by atoms with E-state index in [9.17, 15) is 0 Å². The van der Waals surface area contributed by atoms with Gasteiger partial charge in [0.25, 0.3) is 0 Å². The third-order valence-electron chi connectivity index (χ3n) is 2.25. The van der Waals surface area contributed by atoms with Crippen molar-refractivity contribution in [3.05, 3.63) is 63.1 Å². The first-order valence-corrected chi connectivity index (χ1v) is 6.12. The highest BCUT2D eigenvalue weighted by Crippen LogP contribution is 2.28. The van der Waals surface area contributed by atoms with E-state index in [1.54, 1.807) is 18.2 Å². The number of hydrogen-bond donors (Lipinski definition) is 0. The summed E-state index contributed by atoms with van der Waals surface area (Å²) >= 11 is 17.9. The van der Waals surface area contributed by atoms with Gasteiger partial charge in [-0.05, 0) is 18.2 Å². The zero-order valence-corrected chi connectivity index (χ0v) is 11.1. The van der Waals surface area contributed by atoms with Gasteiger partial charge < -0.3 is 4.74 Å². The van der Waals surface area contributed by atoms with Crippen LogP contribution in [0.2, 0.25) is 15.1 Å². The molecule has 4 heteroatoms. The monoisotopic (exact) mass is 286 g/mol. The van der Waals surface area contributed by atoms with Crippen molar-refractivity contribution in [2.24, 2.45) is 0 Å². The molecule has 0 atom stereocenters. The van der Waals surface area contributed by atoms with E-state index in [-0.39, 0.29) is 0 Å². The van der Waals surface area contributed by atoms with Crippen LogP contribution < -0.4 is 4.74 Å². The molecule has 0 radical (unpaired) electrons. The Hall–Kier alpha value is -0.890. The maximum atomic E-state index is 6.05. The molecule has 1 nitrogen and oxygen atoms in total. The first-order valence-electron chi connectivity index (χ1n) is 4.98. The van der Waals surface area contributed by atoms with Crippen LogP contribution in [0.4, 0.5) is 0 Å². The van der Waals surface area contributed by atoms with Crippen LogP contribution in [0.1, 0.15) is 5.56 Å². The fourth-order valence-corrected chi connectivity index (χ4v) is 1.94. The summed E-state index contributed by atoms with van der Waals surface area (Å²) in [6.07, 6.45) is 0. The van der Waals surface area contributed by atoms with E-state index in [2.05, 4.69) is 0 Å². The van der Waals surface area contributed by atoms with E-state index in [0.29, 0.717) is 27.4 Å². The zero-order valence-electron chi connectivity index (χ0n) is 8.79. The molecule has 0 unspecified atom stereocenters. The summed E-state index contributed by atoms with van der Waals surface area (Å²) in [5, 5.41) is 1.61. The van der Waals surface area contributed by atoms with Crippen molar-refractivity contribution in [3.63, 3.8) is 0 Å². The zero-order chi connectivity index (χ0) is 12.3. The van der Waals surface area contributed by atoms with Crippen molar-refractivity contribution in [2.45, 2.75) is 6.61 Å². The van der Waals surface area contributed by atoms with E-state index < -0.39 is 0 Å². The number of halogens is 3. The van der Waals surface area contributed by atoms with Gasteiger partial charge in [0.1, 0.15) is 12.4 Å². The SMILES string of the molecule is Clc1ccccc1OCc1cccc(Cl)c1Cl. The lowest BCUT2D eigenvalue weighted by molar-refractivity contribution is 0.306. The average Bonchev–Trinajstić information content (AvgIpc) is 2.33. The summed E-state index contributed by atoms with van der Waals surface area (Å²) in [7, 11) is 0. The Balaban J connectivity index is 2.13. The molecule has 88 valence electrons. The standard InChI is InChI=1S/C13H9Cl3O/c14-10-5-1-2-7-12(10)17-8-9-4-3-6-11(15)13(9)16/h1-7H,8H2. The first kappa shape index (κ1) is 12.6. The highest BCUT2D eigenvalue weighted by Gasteiger charge is 2.06. The molecule has 2 rings (SSSR count). The molecular formula is C13H9Cl3O. The molecule has 0 N–H and O–H groups in total. The molecule has 0 fully saturated rings. The summed E-state index contributed by atoms with van der Waals surface area (Å²) in [5.41, 5.74) is 0.832. The summed E-state index contributed by atoms with van der Waals surface area (Å²) in [5.74, 6) is 0.630. The van der Waals surface area contributed by atoms with Crippen LogP contribution in [-0.2, 0) is 6.61 Å². The van der Waals surface area contributed by atoms with Gasteiger partial charge in [-0.1, -0.05) is 59.1 Å². The van der Waals surface area contributed by atoms with Crippen LogP contribution in [0.5, 0.6) is 5.75 Å². The second-order valence-electron chi connectivity index (χ2n) is 3.43. The fraction of sp³-hybridized carbons (Fsp3) is 0.0769. The Morgan fingerprint density at radius 3 is 2.29 bits per heavy atom. The molecule has 0 heterocycles. The topological polar surface area (TPSA) is 9.23 Å². The molecular weight excluding hydrogens is 279 g/mol. The van der Waals surface area contributed by atoms with Gasteiger partial charge in [0.05, 0.1) is 15.1 Å². The summed E-state index contributed by atoms with van der Waals surface area (Å²) in [4.78, 5) is 0. The van der Waals surface area contributed by atoms with Gasteiger partial charge in [0.15, 0.2) is 0 Å². The van der Waals surface area contributed by atoms with Crippen molar-refractivity contribution < 1.29 is 4.74 Å². The van der Waals surface area contributed by atoms with E-state index in [1.807, 2.05) is 24.3 Å². The molecule has 0 spiro atoms. The molecule has 0 saturated heterocycles. The number of benzene rings is 2. The quantitative estimate of drug-likeness (QED) is 0.751. The third kappa shape index (κ3) is 3.06. The minimum absolute atomic E-state index is 0.336. The Morgan fingerprint density at radius 2 is 1.53 bits per heavy atom. The lowest BCUT2D eigenvalue weighted by atomic mass is 10.2. The fourth-order valence-electron chi connectivity index (χ4n) is 1.38. The summed E-state index contributed by atoms with van der Waals surface area (Å²) < 4.78 is 5.58. The maximum Gasteiger partial charge on any atom is 0.138 e. The summed E-state index contributed by atoms with van der Waals surface area (Å²) in [6.45, 7) is 0.336. The predicted octanol–water partition coefficient (Wildman–Crippen LogP) is 5.23. The minimum Gasteiger partial charge on any atom is -0.487 e. The van der Waals surface area contributed by atoms with E-state index in [1.165, 1.54) is 0 Å². The van der Waals surface area contributed by atoms with Crippen LogP contribution in [0.25, 0.3) is 0 Å². The van der Waals surface area contributed by atoms with Crippen molar-refractivity contribution in [3.8, 4) is 5.75 Å². The number of rotatable bonds is 3.